The SMILES string of the molecule is ClC1(Br)CC1Cc1ccccc1. The van der Waals surface area contributed by atoms with Gasteiger partial charge in [-0.15, -0.1) is 11.6 Å². The number of halogens is 2. The average Bonchev–Trinajstić information content (AvgIpc) is 2.61. The first-order valence-electron chi connectivity index (χ1n) is 4.10. The summed E-state index contributed by atoms with van der Waals surface area (Å²) in [6.07, 6.45) is 2.18. The molecule has 1 saturated carbocycles. The van der Waals surface area contributed by atoms with Crippen LogP contribution in [0.15, 0.2) is 30.3 Å². The van der Waals surface area contributed by atoms with Crippen LogP contribution in [0.4, 0.5) is 0 Å². The van der Waals surface area contributed by atoms with Crippen LogP contribution < -0.4 is 0 Å². The molecular formula is C10H10BrCl. The molecule has 0 saturated heterocycles. The van der Waals surface area contributed by atoms with Crippen LogP contribution in [0.3, 0.4) is 0 Å². The lowest BCUT2D eigenvalue weighted by Gasteiger charge is -1.99. The number of hydrogen-bond donors (Lipinski definition) is 0. The molecule has 1 aliphatic rings. The molecule has 2 rings (SSSR count). The molecule has 0 bridgehead atoms. The molecule has 1 aromatic carbocycles. The predicted octanol–water partition coefficient (Wildman–Crippen LogP) is 3.58. The summed E-state index contributed by atoms with van der Waals surface area (Å²) in [4.78, 5) is 0. The molecule has 2 heteroatoms. The van der Waals surface area contributed by atoms with Gasteiger partial charge in [0.15, 0.2) is 0 Å². The van der Waals surface area contributed by atoms with Gasteiger partial charge >= 0.3 is 0 Å². The molecule has 0 nitrogen and oxygen atoms in total. The van der Waals surface area contributed by atoms with Crippen LogP contribution in [-0.2, 0) is 6.42 Å². The zero-order chi connectivity index (χ0) is 8.60. The van der Waals surface area contributed by atoms with Crippen molar-refractivity contribution in [2.45, 2.75) is 16.6 Å². The first kappa shape index (κ1) is 8.58. The summed E-state index contributed by atoms with van der Waals surface area (Å²) in [5, 5.41) is 0. The van der Waals surface area contributed by atoms with E-state index in [1.165, 1.54) is 5.56 Å². The Hall–Kier alpha value is -0.0100. The summed E-state index contributed by atoms with van der Waals surface area (Å²) in [7, 11) is 0. The Balaban J connectivity index is 1.98. The van der Waals surface area contributed by atoms with Gasteiger partial charge in [0.2, 0.25) is 0 Å². The minimum Gasteiger partial charge on any atom is -0.106 e. The highest BCUT2D eigenvalue weighted by Crippen LogP contribution is 2.56. The summed E-state index contributed by atoms with van der Waals surface area (Å²) >= 11 is 9.55. The molecule has 2 unspecified atom stereocenters. The standard InChI is InChI=1S/C10H10BrCl/c11-10(12)7-9(10)6-8-4-2-1-3-5-8/h1-5,9H,6-7H2. The second kappa shape index (κ2) is 3.04. The van der Waals surface area contributed by atoms with Crippen LogP contribution in [0, 0.1) is 5.92 Å². The van der Waals surface area contributed by atoms with Crippen molar-refractivity contribution in [3.05, 3.63) is 35.9 Å². The Morgan fingerprint density at radius 2 is 2.00 bits per heavy atom. The zero-order valence-corrected chi connectivity index (χ0v) is 8.98. The lowest BCUT2D eigenvalue weighted by molar-refractivity contribution is 0.826. The van der Waals surface area contributed by atoms with Gasteiger partial charge in [0, 0.05) is 0 Å². The van der Waals surface area contributed by atoms with Crippen LogP contribution in [0.25, 0.3) is 0 Å². The van der Waals surface area contributed by atoms with E-state index in [2.05, 4.69) is 40.2 Å². The fourth-order valence-electron chi connectivity index (χ4n) is 1.39. The third-order valence-corrected chi connectivity index (χ3v) is 3.71. The van der Waals surface area contributed by atoms with E-state index < -0.39 is 0 Å². The van der Waals surface area contributed by atoms with Crippen molar-refractivity contribution < 1.29 is 0 Å². The van der Waals surface area contributed by atoms with E-state index in [9.17, 15) is 0 Å². The summed E-state index contributed by atoms with van der Waals surface area (Å²) in [6.45, 7) is 0. The quantitative estimate of drug-likeness (QED) is 0.699. The zero-order valence-electron chi connectivity index (χ0n) is 6.63. The molecule has 0 N–H and O–H groups in total. The highest BCUT2D eigenvalue weighted by atomic mass is 79.9. The van der Waals surface area contributed by atoms with Crippen LogP contribution >= 0.6 is 27.5 Å². The number of alkyl halides is 2. The van der Waals surface area contributed by atoms with Crippen molar-refractivity contribution in [1.29, 1.82) is 0 Å². The third-order valence-electron chi connectivity index (χ3n) is 2.28. The van der Waals surface area contributed by atoms with E-state index in [0.717, 1.165) is 12.8 Å². The number of rotatable bonds is 2. The van der Waals surface area contributed by atoms with Crippen molar-refractivity contribution in [3.8, 4) is 0 Å². The molecule has 64 valence electrons. The summed E-state index contributed by atoms with van der Waals surface area (Å²) in [5.41, 5.74) is 1.38. The van der Waals surface area contributed by atoms with Crippen molar-refractivity contribution in [2.24, 2.45) is 5.92 Å². The maximum absolute atomic E-state index is 6.07. The van der Waals surface area contributed by atoms with Gasteiger partial charge in [0.05, 0.1) is 0 Å². The van der Waals surface area contributed by atoms with Crippen LogP contribution in [0.1, 0.15) is 12.0 Å². The second-order valence-corrected chi connectivity index (χ2v) is 5.90. The van der Waals surface area contributed by atoms with Gasteiger partial charge in [-0.2, -0.15) is 0 Å². The highest BCUT2D eigenvalue weighted by Gasteiger charge is 2.50. The van der Waals surface area contributed by atoms with Crippen molar-refractivity contribution in [3.63, 3.8) is 0 Å². The normalized spacial score (nSPS) is 33.3. The summed E-state index contributed by atoms with van der Waals surface area (Å²) in [6, 6.07) is 10.5. The first-order valence-corrected chi connectivity index (χ1v) is 5.27. The Labute approximate surface area is 86.1 Å². The summed E-state index contributed by atoms with van der Waals surface area (Å²) in [5.74, 6) is 0.613. The Kier molecular flexibility index (Phi) is 2.18. The van der Waals surface area contributed by atoms with E-state index in [0.29, 0.717) is 5.92 Å². The topological polar surface area (TPSA) is 0 Å². The largest absolute Gasteiger partial charge is 0.106 e. The van der Waals surface area contributed by atoms with Crippen LogP contribution in [0.2, 0.25) is 0 Å². The van der Waals surface area contributed by atoms with Gasteiger partial charge in [-0.3, -0.25) is 0 Å². The molecule has 12 heavy (non-hydrogen) atoms. The molecule has 0 aromatic heterocycles. The summed E-state index contributed by atoms with van der Waals surface area (Å²) < 4.78 is -0.0944. The van der Waals surface area contributed by atoms with Gasteiger partial charge in [0.25, 0.3) is 0 Å². The number of benzene rings is 1. The van der Waals surface area contributed by atoms with Gasteiger partial charge in [-0.05, 0) is 24.3 Å². The molecule has 2 atom stereocenters. The molecule has 1 aliphatic carbocycles. The molecule has 0 spiro atoms. The maximum Gasteiger partial charge on any atom is 0.103 e. The van der Waals surface area contributed by atoms with Crippen LogP contribution in [-0.4, -0.2) is 3.78 Å². The van der Waals surface area contributed by atoms with Crippen molar-refractivity contribution in [2.75, 3.05) is 0 Å². The maximum atomic E-state index is 6.07. The monoisotopic (exact) mass is 244 g/mol. The Bertz CT molecular complexity index is 268. The first-order chi connectivity index (χ1) is 5.68. The average molecular weight is 246 g/mol. The van der Waals surface area contributed by atoms with Crippen molar-refractivity contribution in [1.82, 2.24) is 0 Å². The Morgan fingerprint density at radius 1 is 1.42 bits per heavy atom. The van der Waals surface area contributed by atoms with Crippen LogP contribution in [0.5, 0.6) is 0 Å². The molecule has 0 heterocycles. The molecule has 0 aliphatic heterocycles. The molecule has 0 amide bonds. The van der Waals surface area contributed by atoms with Gasteiger partial charge in [-0.1, -0.05) is 46.3 Å². The molecule has 0 radical (unpaired) electrons. The lowest BCUT2D eigenvalue weighted by atomic mass is 10.1. The van der Waals surface area contributed by atoms with E-state index >= 15 is 0 Å². The van der Waals surface area contributed by atoms with Gasteiger partial charge in [0.1, 0.15) is 3.78 Å². The number of hydrogen-bond acceptors (Lipinski definition) is 0. The predicted molar refractivity (Wildman–Crippen MR) is 55.8 cm³/mol. The fraction of sp³-hybridized carbons (Fsp3) is 0.400. The Morgan fingerprint density at radius 3 is 2.50 bits per heavy atom. The third kappa shape index (κ3) is 1.83. The minimum atomic E-state index is -0.0944. The highest BCUT2D eigenvalue weighted by molar-refractivity contribution is 9.10. The molecule has 1 fully saturated rings. The minimum absolute atomic E-state index is 0.0944. The van der Waals surface area contributed by atoms with E-state index in [-0.39, 0.29) is 3.78 Å². The van der Waals surface area contributed by atoms with Gasteiger partial charge < -0.3 is 0 Å². The second-order valence-electron chi connectivity index (χ2n) is 3.35. The van der Waals surface area contributed by atoms with E-state index in [1.54, 1.807) is 0 Å². The lowest BCUT2D eigenvalue weighted by Crippen LogP contribution is -1.93. The van der Waals surface area contributed by atoms with E-state index in [1.807, 2.05) is 6.07 Å². The van der Waals surface area contributed by atoms with E-state index in [4.69, 9.17) is 11.6 Å². The van der Waals surface area contributed by atoms with Crippen molar-refractivity contribution >= 4 is 27.5 Å². The van der Waals surface area contributed by atoms with Gasteiger partial charge in [-0.25, -0.2) is 0 Å². The molecular weight excluding hydrogens is 235 g/mol. The fourth-order valence-corrected chi connectivity index (χ4v) is 2.21. The molecule has 1 aromatic rings. The smallest absolute Gasteiger partial charge is 0.103 e.